The molecule has 0 saturated heterocycles. The topological polar surface area (TPSA) is 29.4 Å². The maximum absolute atomic E-state index is 10.0. The lowest BCUT2D eigenvalue weighted by Crippen LogP contribution is -1.86. The Morgan fingerprint density at radius 1 is 1.88 bits per heavy atom. The van der Waals surface area contributed by atoms with Gasteiger partial charge in [0.2, 0.25) is 0 Å². The van der Waals surface area contributed by atoms with Crippen LogP contribution in [-0.2, 0) is 4.79 Å². The number of nitrogens with zero attached hydrogens (tertiary/aromatic N) is 1. The number of aliphatic imine (C=N–C) groups is 1. The Hall–Kier alpha value is -0.920. The Balaban J connectivity index is 2.61. The zero-order chi connectivity index (χ0) is 5.98. The molecule has 2 heteroatoms. The normalized spacial score (nSPS) is 17.6. The van der Waals surface area contributed by atoms with Gasteiger partial charge in [0.1, 0.15) is 6.29 Å². The van der Waals surface area contributed by atoms with Gasteiger partial charge in [0.25, 0.3) is 0 Å². The lowest BCUT2D eigenvalue weighted by molar-refractivity contribution is -0.104. The van der Waals surface area contributed by atoms with E-state index in [-0.39, 0.29) is 0 Å². The molecule has 0 N–H and O–H groups in total. The van der Waals surface area contributed by atoms with Gasteiger partial charge in [-0.3, -0.25) is 9.79 Å². The van der Waals surface area contributed by atoms with Gasteiger partial charge in [-0.1, -0.05) is 0 Å². The Morgan fingerprint density at radius 2 is 2.62 bits per heavy atom. The van der Waals surface area contributed by atoms with Gasteiger partial charge in [0, 0.05) is 23.9 Å². The first-order valence-electron chi connectivity index (χ1n) is 2.50. The second kappa shape index (κ2) is 1.90. The van der Waals surface area contributed by atoms with Crippen LogP contribution in [0.1, 0.15) is 13.3 Å². The maximum atomic E-state index is 10.0. The number of rotatable bonds is 1. The van der Waals surface area contributed by atoms with Crippen molar-refractivity contribution in [1.29, 1.82) is 0 Å². The highest BCUT2D eigenvalue weighted by Gasteiger charge is 2.02. The average molecular weight is 109 g/mol. The quantitative estimate of drug-likeness (QED) is 0.460. The van der Waals surface area contributed by atoms with Crippen LogP contribution >= 0.6 is 0 Å². The molecule has 0 saturated carbocycles. The molecule has 0 radical (unpaired) electrons. The fourth-order valence-electron chi connectivity index (χ4n) is 0.652. The van der Waals surface area contributed by atoms with E-state index in [1.165, 1.54) is 0 Å². The van der Waals surface area contributed by atoms with Crippen LogP contribution in [0.25, 0.3) is 0 Å². The maximum Gasteiger partial charge on any atom is 0.147 e. The van der Waals surface area contributed by atoms with E-state index in [2.05, 4.69) is 4.99 Å². The zero-order valence-electron chi connectivity index (χ0n) is 4.72. The van der Waals surface area contributed by atoms with Crippen LogP contribution in [0, 0.1) is 0 Å². The first-order valence-corrected chi connectivity index (χ1v) is 2.50. The molecule has 42 valence electrons. The minimum atomic E-state index is 0.740. The summed E-state index contributed by atoms with van der Waals surface area (Å²) >= 11 is 0. The number of allylic oxidation sites excluding steroid dienone is 1. The smallest absolute Gasteiger partial charge is 0.147 e. The Labute approximate surface area is 47.9 Å². The fraction of sp³-hybridized carbons (Fsp3) is 0.333. The standard InChI is InChI=1S/C6H7NO/c1-5-2-6(4-8)3-7-5/h3-4H,2H2,1H3. The van der Waals surface area contributed by atoms with Crippen LogP contribution in [-0.4, -0.2) is 12.0 Å². The van der Waals surface area contributed by atoms with Gasteiger partial charge in [-0.05, 0) is 6.92 Å². The van der Waals surface area contributed by atoms with Crippen molar-refractivity contribution in [2.45, 2.75) is 13.3 Å². The third-order valence-electron chi connectivity index (χ3n) is 1.06. The van der Waals surface area contributed by atoms with E-state index in [1.807, 2.05) is 6.92 Å². The van der Waals surface area contributed by atoms with Crippen LogP contribution in [0.3, 0.4) is 0 Å². The average Bonchev–Trinajstić information content (AvgIpc) is 2.14. The molecule has 0 spiro atoms. The lowest BCUT2D eigenvalue weighted by atomic mass is 10.2. The van der Waals surface area contributed by atoms with Crippen molar-refractivity contribution in [3.63, 3.8) is 0 Å². The van der Waals surface area contributed by atoms with Crippen molar-refractivity contribution in [1.82, 2.24) is 0 Å². The van der Waals surface area contributed by atoms with Crippen molar-refractivity contribution >= 4 is 12.0 Å². The number of carbonyl (C=O) groups excluding carboxylic acids is 1. The van der Waals surface area contributed by atoms with Crippen LogP contribution in [0.2, 0.25) is 0 Å². The second-order valence-electron chi connectivity index (χ2n) is 1.86. The monoisotopic (exact) mass is 109 g/mol. The Bertz CT molecular complexity index is 167. The van der Waals surface area contributed by atoms with Crippen LogP contribution in [0.5, 0.6) is 0 Å². The summed E-state index contributed by atoms with van der Waals surface area (Å²) in [6.07, 6.45) is 3.20. The molecular formula is C6H7NO. The van der Waals surface area contributed by atoms with Crippen LogP contribution in [0.4, 0.5) is 0 Å². The van der Waals surface area contributed by atoms with Gasteiger partial charge in [0.05, 0.1) is 0 Å². The van der Waals surface area contributed by atoms with E-state index in [0.717, 1.165) is 24.0 Å². The van der Waals surface area contributed by atoms with E-state index in [4.69, 9.17) is 0 Å². The zero-order valence-corrected chi connectivity index (χ0v) is 4.72. The molecule has 1 rings (SSSR count). The molecular weight excluding hydrogens is 102 g/mol. The van der Waals surface area contributed by atoms with Gasteiger partial charge in [-0.25, -0.2) is 0 Å². The molecule has 0 fully saturated rings. The molecule has 1 heterocycles. The second-order valence-corrected chi connectivity index (χ2v) is 1.86. The van der Waals surface area contributed by atoms with Crippen LogP contribution < -0.4 is 0 Å². The van der Waals surface area contributed by atoms with Crippen molar-refractivity contribution in [2.24, 2.45) is 4.99 Å². The summed E-state index contributed by atoms with van der Waals surface area (Å²) in [4.78, 5) is 13.9. The van der Waals surface area contributed by atoms with Gasteiger partial charge in [-0.2, -0.15) is 0 Å². The predicted molar refractivity (Wildman–Crippen MR) is 31.9 cm³/mol. The molecule has 0 amide bonds. The van der Waals surface area contributed by atoms with Crippen molar-refractivity contribution in [3.8, 4) is 0 Å². The van der Waals surface area contributed by atoms with E-state index in [1.54, 1.807) is 6.20 Å². The number of hydrogen-bond acceptors (Lipinski definition) is 2. The van der Waals surface area contributed by atoms with Gasteiger partial charge < -0.3 is 0 Å². The molecule has 0 unspecified atom stereocenters. The Morgan fingerprint density at radius 3 is 2.88 bits per heavy atom. The third kappa shape index (κ3) is 0.832. The molecule has 0 aromatic rings. The summed E-state index contributed by atoms with van der Waals surface area (Å²) < 4.78 is 0. The van der Waals surface area contributed by atoms with Crippen molar-refractivity contribution in [3.05, 3.63) is 11.8 Å². The molecule has 0 aromatic heterocycles. The summed E-state index contributed by atoms with van der Waals surface area (Å²) in [6.45, 7) is 1.91. The number of carbonyl (C=O) groups is 1. The molecule has 0 aromatic carbocycles. The molecule has 1 aliphatic rings. The van der Waals surface area contributed by atoms with Crippen molar-refractivity contribution in [2.75, 3.05) is 0 Å². The van der Waals surface area contributed by atoms with E-state index in [9.17, 15) is 4.79 Å². The van der Waals surface area contributed by atoms with E-state index >= 15 is 0 Å². The summed E-state index contributed by atoms with van der Waals surface area (Å²) in [5, 5.41) is 0. The molecule has 2 nitrogen and oxygen atoms in total. The molecule has 0 atom stereocenters. The highest BCUT2D eigenvalue weighted by atomic mass is 16.1. The molecule has 1 aliphatic heterocycles. The van der Waals surface area contributed by atoms with Crippen molar-refractivity contribution < 1.29 is 4.79 Å². The highest BCUT2D eigenvalue weighted by molar-refractivity contribution is 5.94. The van der Waals surface area contributed by atoms with E-state index < -0.39 is 0 Å². The minimum Gasteiger partial charge on any atom is -0.298 e. The fourth-order valence-corrected chi connectivity index (χ4v) is 0.652. The number of aldehydes is 1. The first-order chi connectivity index (χ1) is 3.83. The molecule has 0 bridgehead atoms. The third-order valence-corrected chi connectivity index (χ3v) is 1.06. The predicted octanol–water partition coefficient (Wildman–Crippen LogP) is 0.934. The number of hydrogen-bond donors (Lipinski definition) is 0. The SMILES string of the molecule is CC1=NC=C(C=O)C1. The summed E-state index contributed by atoms with van der Waals surface area (Å²) in [5.74, 6) is 0. The lowest BCUT2D eigenvalue weighted by Gasteiger charge is -1.83. The minimum absolute atomic E-state index is 0.740. The largest absolute Gasteiger partial charge is 0.298 e. The summed E-state index contributed by atoms with van der Waals surface area (Å²) in [7, 11) is 0. The van der Waals surface area contributed by atoms with Gasteiger partial charge in [0.15, 0.2) is 0 Å². The highest BCUT2D eigenvalue weighted by Crippen LogP contribution is 2.07. The molecule has 8 heavy (non-hydrogen) atoms. The van der Waals surface area contributed by atoms with E-state index in [0.29, 0.717) is 0 Å². The first kappa shape index (κ1) is 5.22. The van der Waals surface area contributed by atoms with Crippen LogP contribution in [0.15, 0.2) is 16.8 Å². The van der Waals surface area contributed by atoms with Gasteiger partial charge >= 0.3 is 0 Å². The Kier molecular flexibility index (Phi) is 1.24. The summed E-state index contributed by atoms with van der Waals surface area (Å²) in [5.41, 5.74) is 1.80. The summed E-state index contributed by atoms with van der Waals surface area (Å²) in [6, 6.07) is 0. The molecule has 0 aliphatic carbocycles. The van der Waals surface area contributed by atoms with Gasteiger partial charge in [-0.15, -0.1) is 0 Å².